The monoisotopic (exact) mass is 392 g/mol. The number of benzene rings is 2. The molecule has 3 aromatic rings. The zero-order valence-corrected chi connectivity index (χ0v) is 18.1. The largest absolute Gasteiger partial charge is 0.320 e. The third-order valence-corrected chi connectivity index (χ3v) is 7.19. The van der Waals surface area contributed by atoms with Gasteiger partial charge in [-0.3, -0.25) is 4.99 Å². The molecule has 2 aromatic carbocycles. The summed E-state index contributed by atoms with van der Waals surface area (Å²) in [6.07, 6.45) is 8.65. The highest BCUT2D eigenvalue weighted by atomic mass is 32.1. The first kappa shape index (κ1) is 19.4. The van der Waals surface area contributed by atoms with Crippen molar-refractivity contribution in [1.82, 2.24) is 4.57 Å². The average molecular weight is 393 g/mol. The molecule has 0 bridgehead atoms. The fraction of sp³-hybridized carbons (Fsp3) is 0.480. The molecular formula is C25H32N2S. The van der Waals surface area contributed by atoms with Crippen molar-refractivity contribution in [1.29, 1.82) is 0 Å². The molecule has 2 nitrogen and oxygen atoms in total. The number of fused-ring (bicyclic) bond motifs is 1. The van der Waals surface area contributed by atoms with E-state index in [-0.39, 0.29) is 5.41 Å². The van der Waals surface area contributed by atoms with Crippen molar-refractivity contribution in [3.05, 3.63) is 63.9 Å². The maximum atomic E-state index is 4.97. The summed E-state index contributed by atoms with van der Waals surface area (Å²) in [7, 11) is 0. The molecule has 1 saturated carbocycles. The van der Waals surface area contributed by atoms with Crippen molar-refractivity contribution in [3.63, 3.8) is 0 Å². The summed E-state index contributed by atoms with van der Waals surface area (Å²) in [5, 5.41) is 5.10. The summed E-state index contributed by atoms with van der Waals surface area (Å²) in [6, 6.07) is 15.8. The highest BCUT2D eigenvalue weighted by Crippen LogP contribution is 2.49. The van der Waals surface area contributed by atoms with Crippen molar-refractivity contribution in [2.24, 2.45) is 4.99 Å². The van der Waals surface area contributed by atoms with E-state index < -0.39 is 0 Å². The minimum Gasteiger partial charge on any atom is -0.320 e. The van der Waals surface area contributed by atoms with E-state index in [2.05, 4.69) is 66.3 Å². The Bertz CT molecular complexity index is 991. The molecule has 0 radical (unpaired) electrons. The maximum absolute atomic E-state index is 4.97. The van der Waals surface area contributed by atoms with Crippen molar-refractivity contribution < 1.29 is 0 Å². The summed E-state index contributed by atoms with van der Waals surface area (Å²) in [5.41, 5.74) is 3.16. The van der Waals surface area contributed by atoms with E-state index in [1.54, 1.807) is 0 Å². The Kier molecular flexibility index (Phi) is 6.01. The lowest BCUT2D eigenvalue weighted by Gasteiger charge is -2.43. The van der Waals surface area contributed by atoms with Gasteiger partial charge < -0.3 is 4.57 Å². The van der Waals surface area contributed by atoms with Crippen LogP contribution in [0, 0.1) is 0 Å². The summed E-state index contributed by atoms with van der Waals surface area (Å²) in [4.78, 5) is 6.19. The molecule has 1 fully saturated rings. The Hall–Kier alpha value is -1.87. The van der Waals surface area contributed by atoms with Gasteiger partial charge >= 0.3 is 0 Å². The molecule has 1 aliphatic rings. The van der Waals surface area contributed by atoms with Gasteiger partial charge in [0.05, 0.1) is 0 Å². The molecule has 0 amide bonds. The topological polar surface area (TPSA) is 17.3 Å². The van der Waals surface area contributed by atoms with Gasteiger partial charge in [0, 0.05) is 29.6 Å². The zero-order chi connectivity index (χ0) is 19.4. The first-order chi connectivity index (χ1) is 13.8. The van der Waals surface area contributed by atoms with Crippen molar-refractivity contribution >= 4 is 22.1 Å². The van der Waals surface area contributed by atoms with Crippen LogP contribution in [0.2, 0.25) is 0 Å². The Balaban J connectivity index is 1.79. The minimum atomic E-state index is 0.173. The number of thiazole rings is 1. The van der Waals surface area contributed by atoms with Gasteiger partial charge in [-0.05, 0) is 42.0 Å². The first-order valence-corrected chi connectivity index (χ1v) is 11.8. The standard InChI is InChI=1S/C25H32N2S/c1-3-5-16-26-24-27(17-6-4-2)23(19-28-24)25(14-9-15-25)22-13-12-20-10-7-8-11-21(20)18-22/h7-8,10-13,18-19H,3-6,9,14-17H2,1-2H3/b26-24+. The van der Waals surface area contributed by atoms with Crippen LogP contribution >= 0.6 is 11.3 Å². The highest BCUT2D eigenvalue weighted by Gasteiger charge is 2.42. The molecule has 1 aliphatic carbocycles. The number of hydrogen-bond acceptors (Lipinski definition) is 2. The highest BCUT2D eigenvalue weighted by molar-refractivity contribution is 7.07. The van der Waals surface area contributed by atoms with E-state index in [0.717, 1.165) is 13.1 Å². The van der Waals surface area contributed by atoms with Gasteiger partial charge in [-0.25, -0.2) is 0 Å². The first-order valence-electron chi connectivity index (χ1n) is 11.0. The van der Waals surface area contributed by atoms with Gasteiger partial charge in [0.25, 0.3) is 0 Å². The van der Waals surface area contributed by atoms with Crippen molar-refractivity contribution in [2.75, 3.05) is 6.54 Å². The molecule has 0 atom stereocenters. The number of aromatic nitrogens is 1. The quantitative estimate of drug-likeness (QED) is 0.381. The van der Waals surface area contributed by atoms with Gasteiger partial charge in [0.15, 0.2) is 4.80 Å². The number of rotatable bonds is 8. The Morgan fingerprint density at radius 1 is 1.00 bits per heavy atom. The van der Waals surface area contributed by atoms with Crippen LogP contribution in [-0.2, 0) is 12.0 Å². The van der Waals surface area contributed by atoms with Crippen LogP contribution in [0.3, 0.4) is 0 Å². The molecule has 4 rings (SSSR count). The molecule has 1 aromatic heterocycles. The van der Waals surface area contributed by atoms with Crippen molar-refractivity contribution in [3.8, 4) is 0 Å². The lowest BCUT2D eigenvalue weighted by Crippen LogP contribution is -2.39. The van der Waals surface area contributed by atoms with Gasteiger partial charge in [-0.2, -0.15) is 0 Å². The SMILES string of the molecule is CCCC/N=c1/scc(C2(c3ccc4ccccc4c3)CCC2)n1CCCC. The van der Waals surface area contributed by atoms with Crippen molar-refractivity contribution in [2.45, 2.75) is 70.8 Å². The minimum absolute atomic E-state index is 0.173. The van der Waals surface area contributed by atoms with Crippen LogP contribution in [0.5, 0.6) is 0 Å². The second-order valence-corrected chi connectivity index (χ2v) is 8.98. The normalized spacial score (nSPS) is 16.4. The molecule has 28 heavy (non-hydrogen) atoms. The molecular weight excluding hydrogens is 360 g/mol. The Labute approximate surface area is 173 Å². The van der Waals surface area contributed by atoms with Crippen LogP contribution in [-0.4, -0.2) is 11.1 Å². The number of nitrogens with zero attached hydrogens (tertiary/aromatic N) is 2. The van der Waals surface area contributed by atoms with Gasteiger partial charge in [0.2, 0.25) is 0 Å². The molecule has 0 spiro atoms. The summed E-state index contributed by atoms with van der Waals surface area (Å²) in [6.45, 7) is 6.56. The van der Waals surface area contributed by atoms with E-state index in [1.165, 1.54) is 71.8 Å². The third-order valence-electron chi connectivity index (χ3n) is 6.29. The van der Waals surface area contributed by atoms with E-state index >= 15 is 0 Å². The van der Waals surface area contributed by atoms with E-state index in [0.29, 0.717) is 0 Å². The molecule has 148 valence electrons. The molecule has 0 aliphatic heterocycles. The lowest BCUT2D eigenvalue weighted by molar-refractivity contribution is 0.282. The lowest BCUT2D eigenvalue weighted by atomic mass is 9.62. The molecule has 1 heterocycles. The predicted molar refractivity (Wildman–Crippen MR) is 121 cm³/mol. The van der Waals surface area contributed by atoms with E-state index in [4.69, 9.17) is 4.99 Å². The maximum Gasteiger partial charge on any atom is 0.184 e. The molecule has 3 heteroatoms. The van der Waals surface area contributed by atoms with E-state index in [9.17, 15) is 0 Å². The van der Waals surface area contributed by atoms with Gasteiger partial charge in [-0.1, -0.05) is 75.6 Å². The summed E-state index contributed by atoms with van der Waals surface area (Å²) < 4.78 is 2.55. The third kappa shape index (κ3) is 3.57. The van der Waals surface area contributed by atoms with Crippen LogP contribution in [0.4, 0.5) is 0 Å². The molecule has 0 unspecified atom stereocenters. The summed E-state index contributed by atoms with van der Waals surface area (Å²) in [5.74, 6) is 0. The fourth-order valence-corrected chi connectivity index (χ4v) is 5.46. The summed E-state index contributed by atoms with van der Waals surface area (Å²) >= 11 is 1.85. The Morgan fingerprint density at radius 3 is 2.50 bits per heavy atom. The number of unbranched alkanes of at least 4 members (excludes halogenated alkanes) is 2. The van der Waals surface area contributed by atoms with Crippen LogP contribution in [0.15, 0.2) is 52.8 Å². The van der Waals surface area contributed by atoms with Crippen LogP contribution in [0.25, 0.3) is 10.8 Å². The number of hydrogen-bond donors (Lipinski definition) is 0. The average Bonchev–Trinajstić information content (AvgIpc) is 3.08. The second-order valence-electron chi connectivity index (χ2n) is 8.14. The second kappa shape index (κ2) is 8.65. The fourth-order valence-electron chi connectivity index (χ4n) is 4.41. The molecule has 0 N–H and O–H groups in total. The predicted octanol–water partition coefficient (Wildman–Crippen LogP) is 6.67. The van der Waals surface area contributed by atoms with E-state index in [1.807, 2.05) is 11.3 Å². The van der Waals surface area contributed by atoms with Gasteiger partial charge in [0.1, 0.15) is 0 Å². The Morgan fingerprint density at radius 2 is 1.79 bits per heavy atom. The van der Waals surface area contributed by atoms with Crippen LogP contribution < -0.4 is 4.80 Å². The molecule has 0 saturated heterocycles. The van der Waals surface area contributed by atoms with Crippen LogP contribution in [0.1, 0.15) is 70.1 Å². The van der Waals surface area contributed by atoms with Gasteiger partial charge in [-0.15, -0.1) is 11.3 Å². The zero-order valence-electron chi connectivity index (χ0n) is 17.3. The smallest absolute Gasteiger partial charge is 0.184 e.